The SMILES string of the molecule is C.C.C.C.C.C.C.C.C.C.CC1C(=O)OC(=O)C1C1C2CC(C(C(=O)O)C2C(=O)OCCC2CCCCN2C(=O)OC(C)(C)C)C1C1C2CC(CC2C(=O)O)C1C1C2CC(CC2C(=O)OCCO)C1C1C(C)C2CC(C(=O)OC(C)(C)C)C1C2. The second kappa shape index (κ2) is 29.6. The topological polar surface area (TPSA) is 247 Å². The number of nitrogens with zero attached hydrogens (tertiary/aromatic N) is 1. The highest BCUT2D eigenvalue weighted by atomic mass is 16.6. The first-order valence-corrected chi connectivity index (χ1v) is 28.3. The van der Waals surface area contributed by atoms with E-state index in [1.807, 2.05) is 20.8 Å². The molecule has 1 amide bonds. The van der Waals surface area contributed by atoms with E-state index in [2.05, 4.69) is 6.92 Å². The number of rotatable bonds is 14. The van der Waals surface area contributed by atoms with E-state index < -0.39 is 118 Å². The molecule has 0 aromatic heterocycles. The van der Waals surface area contributed by atoms with Gasteiger partial charge in [0.25, 0.3) is 0 Å². The molecule has 0 aromatic rings. The number of hydrogen-bond donors (Lipinski definition) is 3. The predicted octanol–water partition coefficient (Wildman–Crippen LogP) is 13.3. The van der Waals surface area contributed by atoms with Crippen LogP contribution >= 0.6 is 0 Å². The van der Waals surface area contributed by atoms with Crippen LogP contribution in [-0.4, -0.2) is 112 Å². The number of cyclic esters (lactones) is 2. The molecule has 17 heteroatoms. The Labute approximate surface area is 508 Å². The van der Waals surface area contributed by atoms with Crippen molar-refractivity contribution in [2.24, 2.45) is 136 Å². The van der Waals surface area contributed by atoms with Gasteiger partial charge in [0, 0.05) is 19.0 Å². The summed E-state index contributed by atoms with van der Waals surface area (Å²) >= 11 is 0. The molecule has 0 aromatic carbocycles. The predicted molar refractivity (Wildman–Crippen MR) is 328 cm³/mol. The molecule has 0 spiro atoms. The number of carboxylic acid groups (broad SMARTS) is 2. The Morgan fingerprint density at radius 3 is 1.55 bits per heavy atom. The van der Waals surface area contributed by atoms with Crippen LogP contribution in [0.1, 0.15) is 200 Å². The molecule has 24 atom stereocenters. The van der Waals surface area contributed by atoms with Crippen molar-refractivity contribution < 1.29 is 77.4 Å². The van der Waals surface area contributed by atoms with Crippen molar-refractivity contribution >= 4 is 47.9 Å². The summed E-state index contributed by atoms with van der Waals surface area (Å²) < 4.78 is 28.9. The summed E-state index contributed by atoms with van der Waals surface area (Å²) in [5.41, 5.74) is -1.37. The van der Waals surface area contributed by atoms with Gasteiger partial charge >= 0.3 is 47.9 Å². The molecule has 8 bridgehead atoms. The monoisotopic (exact) mass is 1200 g/mol. The number of piperidine rings is 1. The summed E-state index contributed by atoms with van der Waals surface area (Å²) in [7, 11) is 0. The molecule has 10 rings (SSSR count). The third-order valence-electron chi connectivity index (χ3n) is 21.3. The van der Waals surface area contributed by atoms with Crippen LogP contribution in [0.2, 0.25) is 0 Å². The second-order valence-corrected chi connectivity index (χ2v) is 27.0. The normalized spacial score (nSPS) is 39.4. The Bertz CT molecular complexity index is 2270. The number of likely N-dealkylation sites (tertiary alicyclic amines) is 1. The number of ether oxygens (including phenoxy) is 5. The quantitative estimate of drug-likeness (QED) is 0.0831. The molecular formula is C67H121NO16. The van der Waals surface area contributed by atoms with Crippen LogP contribution in [0.5, 0.6) is 0 Å². The number of carbonyl (C=O) groups excluding carboxylic acids is 6. The van der Waals surface area contributed by atoms with E-state index >= 15 is 0 Å². The molecular weight excluding hydrogens is 1070 g/mol. The van der Waals surface area contributed by atoms with Gasteiger partial charge in [0.05, 0.1) is 54.6 Å². The number of carboxylic acids is 2. The van der Waals surface area contributed by atoms with E-state index in [1.54, 1.807) is 32.6 Å². The highest BCUT2D eigenvalue weighted by molar-refractivity contribution is 5.96. The lowest BCUT2D eigenvalue weighted by Crippen LogP contribution is -2.54. The fraction of sp³-hybridized carbons (Fsp3) is 0.881. The molecule has 2 aliphatic heterocycles. The molecule has 3 N–H and O–H groups in total. The first kappa shape index (κ1) is 79.7. The Hall–Kier alpha value is -4.28. The minimum absolute atomic E-state index is 0. The second-order valence-electron chi connectivity index (χ2n) is 27.0. The third-order valence-corrected chi connectivity index (χ3v) is 21.3. The van der Waals surface area contributed by atoms with Crippen molar-refractivity contribution in [2.45, 2.75) is 218 Å². The Balaban J connectivity index is 0.00000689. The van der Waals surface area contributed by atoms with Crippen LogP contribution in [0.4, 0.5) is 4.79 Å². The first-order chi connectivity index (χ1) is 34.9. The average molecular weight is 1200 g/mol. The summed E-state index contributed by atoms with van der Waals surface area (Å²) in [5.74, 6) is -13.6. The minimum atomic E-state index is -1.22. The lowest BCUT2D eigenvalue weighted by molar-refractivity contribution is -0.170. The van der Waals surface area contributed by atoms with E-state index in [-0.39, 0.29) is 178 Å². The van der Waals surface area contributed by atoms with Crippen LogP contribution in [0, 0.1) is 136 Å². The van der Waals surface area contributed by atoms with Crippen LogP contribution in [0.15, 0.2) is 0 Å². The molecule has 8 saturated carbocycles. The zero-order valence-corrected chi connectivity index (χ0v) is 44.6. The number of aliphatic hydroxyl groups excluding tert-OH is 1. The number of aliphatic carboxylic acids is 2. The maximum Gasteiger partial charge on any atom is 0.410 e. The summed E-state index contributed by atoms with van der Waals surface area (Å²) in [5, 5.41) is 32.0. The average Bonchev–Trinajstić information content (AvgIpc) is 4.20. The van der Waals surface area contributed by atoms with E-state index in [0.29, 0.717) is 44.6 Å². The van der Waals surface area contributed by atoms with Gasteiger partial charge < -0.3 is 43.9 Å². The fourth-order valence-corrected chi connectivity index (χ4v) is 19.5. The largest absolute Gasteiger partial charge is 0.481 e. The van der Waals surface area contributed by atoms with E-state index in [0.717, 1.165) is 32.1 Å². The zero-order chi connectivity index (χ0) is 53.2. The van der Waals surface area contributed by atoms with Gasteiger partial charge in [0.1, 0.15) is 17.8 Å². The smallest absolute Gasteiger partial charge is 0.410 e. The number of fused-ring (bicyclic) bond motifs is 8. The van der Waals surface area contributed by atoms with Crippen LogP contribution in [-0.2, 0) is 57.2 Å². The molecule has 10 aliphatic rings. The highest BCUT2D eigenvalue weighted by Crippen LogP contribution is 2.75. The summed E-state index contributed by atoms with van der Waals surface area (Å²) in [6, 6.07) is -0.257. The van der Waals surface area contributed by atoms with E-state index in [4.69, 9.17) is 23.7 Å². The number of aliphatic hydroxyl groups is 1. The highest BCUT2D eigenvalue weighted by Gasteiger charge is 2.74. The van der Waals surface area contributed by atoms with Crippen molar-refractivity contribution in [1.29, 1.82) is 0 Å². The molecule has 2 saturated heterocycles. The van der Waals surface area contributed by atoms with Gasteiger partial charge in [-0.25, -0.2) is 4.79 Å². The number of esters is 5. The molecule has 0 radical (unpaired) electrons. The summed E-state index contributed by atoms with van der Waals surface area (Å²) in [6.07, 6.45) is 6.50. The van der Waals surface area contributed by atoms with Gasteiger partial charge in [-0.15, -0.1) is 0 Å². The van der Waals surface area contributed by atoms with Crippen molar-refractivity contribution in [3.8, 4) is 0 Å². The van der Waals surface area contributed by atoms with Gasteiger partial charge in [0.2, 0.25) is 0 Å². The number of carbonyl (C=O) groups is 8. The van der Waals surface area contributed by atoms with Crippen LogP contribution in [0.3, 0.4) is 0 Å². The molecule has 24 unspecified atom stereocenters. The Kier molecular flexibility index (Phi) is 28.1. The zero-order valence-electron chi connectivity index (χ0n) is 44.6. The van der Waals surface area contributed by atoms with Gasteiger partial charge in [-0.2, -0.15) is 0 Å². The minimum Gasteiger partial charge on any atom is -0.481 e. The maximum atomic E-state index is 14.7. The van der Waals surface area contributed by atoms with Gasteiger partial charge in [-0.3, -0.25) is 33.6 Å². The van der Waals surface area contributed by atoms with Crippen molar-refractivity contribution in [3.05, 3.63) is 0 Å². The van der Waals surface area contributed by atoms with E-state index in [1.165, 1.54) is 0 Å². The maximum absolute atomic E-state index is 14.7. The lowest BCUT2D eigenvalue weighted by Gasteiger charge is -2.54. The Morgan fingerprint density at radius 2 is 1.01 bits per heavy atom. The number of amides is 1. The Morgan fingerprint density at radius 1 is 0.524 bits per heavy atom. The third kappa shape index (κ3) is 13.7. The molecule has 10 fully saturated rings. The molecule has 490 valence electrons. The first-order valence-electron chi connectivity index (χ1n) is 28.3. The standard InChI is InChI=1S/C57H81NO16.10CH4/c1-24-26-17-31(35(18-26)52(66)73-56(3,4)5)38(24)40-28-20-32(34(22-28)51(65)71-16-14-59)42(40)41-27-19-30(33(21-27)48(60)61)43(41)45-36-23-37(44(45)39-25(2)50(64)72-54(39)68)47(46(36)49(62)63)53(67)70-15-12-29-11-9-10-13-58(29)55(69)74-57(6,7)8;;;;;;;;;;/h24-47,59H,9-23H2,1-8H3,(H,60,61)(H,62,63);10*1H4. The summed E-state index contributed by atoms with van der Waals surface area (Å²) in [4.78, 5) is 113. The lowest BCUT2D eigenvalue weighted by atomic mass is 9.50. The van der Waals surface area contributed by atoms with Crippen molar-refractivity contribution in [2.75, 3.05) is 26.4 Å². The summed E-state index contributed by atoms with van der Waals surface area (Å²) in [6.45, 7) is 15.0. The molecule has 2 heterocycles. The fourth-order valence-electron chi connectivity index (χ4n) is 19.5. The van der Waals surface area contributed by atoms with Crippen molar-refractivity contribution in [3.63, 3.8) is 0 Å². The van der Waals surface area contributed by atoms with Crippen LogP contribution in [0.25, 0.3) is 0 Å². The molecule has 17 nitrogen and oxygen atoms in total. The van der Waals surface area contributed by atoms with Crippen LogP contribution < -0.4 is 0 Å². The van der Waals surface area contributed by atoms with Gasteiger partial charge in [0.15, 0.2) is 0 Å². The van der Waals surface area contributed by atoms with E-state index in [9.17, 15) is 53.7 Å². The molecule has 84 heavy (non-hydrogen) atoms. The van der Waals surface area contributed by atoms with Gasteiger partial charge in [-0.05, 0) is 200 Å². The molecule has 8 aliphatic carbocycles. The number of hydrogen-bond acceptors (Lipinski definition) is 14. The van der Waals surface area contributed by atoms with Gasteiger partial charge in [-0.1, -0.05) is 88.1 Å². The van der Waals surface area contributed by atoms with Crippen molar-refractivity contribution in [1.82, 2.24) is 4.90 Å².